The van der Waals surface area contributed by atoms with E-state index in [0.717, 1.165) is 53.2 Å². The summed E-state index contributed by atoms with van der Waals surface area (Å²) >= 11 is 0. The van der Waals surface area contributed by atoms with Crippen molar-refractivity contribution in [1.29, 1.82) is 0 Å². The second kappa shape index (κ2) is 12.9. The van der Waals surface area contributed by atoms with Crippen LogP contribution in [0.25, 0.3) is 21.9 Å². The van der Waals surface area contributed by atoms with E-state index in [1.54, 1.807) is 4.90 Å². The smallest absolute Gasteiger partial charge is 0.326 e. The van der Waals surface area contributed by atoms with Gasteiger partial charge in [0.1, 0.15) is 6.04 Å². The number of imidazole rings is 1. The topological polar surface area (TPSA) is 132 Å². The van der Waals surface area contributed by atoms with Crippen molar-refractivity contribution < 1.29 is 9.59 Å². The molecule has 234 valence electrons. The number of carbonyl (C=O) groups excluding carboxylic acids is 2. The van der Waals surface area contributed by atoms with Crippen molar-refractivity contribution in [2.24, 2.45) is 17.6 Å². The first-order chi connectivity index (χ1) is 21.3. The number of nitrogens with zero attached hydrogens (tertiary/aromatic N) is 3. The number of aromatic amines is 2. The maximum absolute atomic E-state index is 14.1. The molecule has 3 heterocycles. The van der Waals surface area contributed by atoms with Crippen molar-refractivity contribution in [1.82, 2.24) is 29.7 Å². The minimum atomic E-state index is -0.727. The average molecular weight is 600 g/mol. The summed E-state index contributed by atoms with van der Waals surface area (Å²) in [4.78, 5) is 50.5. The highest BCUT2D eigenvalue weighted by molar-refractivity contribution is 5.90. The highest BCUT2D eigenvalue weighted by Crippen LogP contribution is 2.32. The molecule has 2 aromatic carbocycles. The number of likely N-dealkylation sites (N-methyl/N-ethyl adjacent to an activating group) is 1. The third-order valence-electron chi connectivity index (χ3n) is 10.0. The minimum absolute atomic E-state index is 0.00393. The van der Waals surface area contributed by atoms with E-state index in [1.807, 2.05) is 72.1 Å². The van der Waals surface area contributed by atoms with Crippen LogP contribution in [0.2, 0.25) is 0 Å². The number of aromatic nitrogens is 3. The molecule has 1 saturated carbocycles. The summed E-state index contributed by atoms with van der Waals surface area (Å²) in [5, 5.41) is 4.21. The fourth-order valence-electron chi connectivity index (χ4n) is 7.54. The van der Waals surface area contributed by atoms with E-state index in [9.17, 15) is 14.4 Å². The van der Waals surface area contributed by atoms with Gasteiger partial charge in [-0.3, -0.25) is 9.36 Å². The third kappa shape index (κ3) is 6.00. The molecular weight excluding hydrogens is 554 g/mol. The van der Waals surface area contributed by atoms with Crippen molar-refractivity contribution in [2.45, 2.75) is 63.5 Å². The number of piperidine rings is 1. The Morgan fingerprint density at radius 1 is 1.02 bits per heavy atom. The Morgan fingerprint density at radius 3 is 2.50 bits per heavy atom. The third-order valence-corrected chi connectivity index (χ3v) is 10.0. The van der Waals surface area contributed by atoms with Crippen LogP contribution >= 0.6 is 0 Å². The molecule has 3 amide bonds. The van der Waals surface area contributed by atoms with Gasteiger partial charge in [-0.2, -0.15) is 0 Å². The molecule has 1 aliphatic carbocycles. The lowest BCUT2D eigenvalue weighted by Gasteiger charge is -2.36. The normalized spacial score (nSPS) is 20.9. The predicted molar refractivity (Wildman–Crippen MR) is 174 cm³/mol. The van der Waals surface area contributed by atoms with Gasteiger partial charge < -0.3 is 30.8 Å². The summed E-state index contributed by atoms with van der Waals surface area (Å²) in [5.41, 5.74) is 9.58. The van der Waals surface area contributed by atoms with Gasteiger partial charge in [0.2, 0.25) is 5.91 Å². The Morgan fingerprint density at radius 2 is 1.73 bits per heavy atom. The van der Waals surface area contributed by atoms with E-state index >= 15 is 0 Å². The number of hydrogen-bond acceptors (Lipinski definition) is 4. The number of urea groups is 1. The van der Waals surface area contributed by atoms with E-state index in [-0.39, 0.29) is 29.6 Å². The second-order valence-corrected chi connectivity index (χ2v) is 12.9. The molecule has 4 aromatic rings. The Labute approximate surface area is 258 Å². The molecule has 1 aliphatic heterocycles. The van der Waals surface area contributed by atoms with Gasteiger partial charge in [0.25, 0.3) is 0 Å². The SMILES string of the molecule is C[C@H](c1c[nH]c2ccccc12)[C@H](NC(=O)N1CCC(n2c(=O)[nH]c3ccccc32)CC1)C(=O)N(C)C[C@@H]1CCC[C@H](CN)C1. The molecule has 2 aromatic heterocycles. The molecule has 10 nitrogen and oxygen atoms in total. The quantitative estimate of drug-likeness (QED) is 0.237. The molecule has 6 rings (SSSR count). The van der Waals surface area contributed by atoms with E-state index in [4.69, 9.17) is 5.73 Å². The lowest BCUT2D eigenvalue weighted by molar-refractivity contribution is -0.133. The number of carbonyl (C=O) groups is 2. The number of rotatable bonds is 8. The summed E-state index contributed by atoms with van der Waals surface area (Å²) in [5.74, 6) is 0.598. The summed E-state index contributed by atoms with van der Waals surface area (Å²) in [6, 6.07) is 14.8. The van der Waals surface area contributed by atoms with E-state index < -0.39 is 6.04 Å². The van der Waals surface area contributed by atoms with Crippen LogP contribution in [0.1, 0.15) is 63.0 Å². The van der Waals surface area contributed by atoms with Crippen LogP contribution < -0.4 is 16.7 Å². The van der Waals surface area contributed by atoms with Gasteiger partial charge in [0.05, 0.1) is 11.0 Å². The van der Waals surface area contributed by atoms with Gasteiger partial charge in [-0.1, -0.05) is 43.7 Å². The van der Waals surface area contributed by atoms with Crippen molar-refractivity contribution in [3.8, 4) is 0 Å². The van der Waals surface area contributed by atoms with Gasteiger partial charge in [0.15, 0.2) is 0 Å². The van der Waals surface area contributed by atoms with Crippen LogP contribution in [0.4, 0.5) is 4.79 Å². The Bertz CT molecular complexity index is 1660. The minimum Gasteiger partial charge on any atom is -0.361 e. The summed E-state index contributed by atoms with van der Waals surface area (Å²) in [7, 11) is 1.86. The van der Waals surface area contributed by atoms with Gasteiger partial charge >= 0.3 is 11.7 Å². The molecule has 0 spiro atoms. The van der Waals surface area contributed by atoms with Gasteiger partial charge in [-0.25, -0.2) is 9.59 Å². The molecule has 2 fully saturated rings. The average Bonchev–Trinajstić information content (AvgIpc) is 3.63. The molecule has 44 heavy (non-hydrogen) atoms. The van der Waals surface area contributed by atoms with Crippen LogP contribution in [0, 0.1) is 11.8 Å². The maximum Gasteiger partial charge on any atom is 0.326 e. The van der Waals surface area contributed by atoms with E-state index in [0.29, 0.717) is 50.9 Å². The number of benzene rings is 2. The molecule has 0 unspecified atom stereocenters. The molecule has 2 aliphatic rings. The van der Waals surface area contributed by atoms with Crippen LogP contribution in [-0.2, 0) is 4.79 Å². The Kier molecular flexibility index (Phi) is 8.79. The van der Waals surface area contributed by atoms with Gasteiger partial charge in [0, 0.05) is 55.7 Å². The number of nitrogens with one attached hydrogen (secondary N) is 3. The second-order valence-electron chi connectivity index (χ2n) is 12.9. The summed E-state index contributed by atoms with van der Waals surface area (Å²) in [6.07, 6.45) is 7.72. The van der Waals surface area contributed by atoms with Crippen molar-refractivity contribution in [2.75, 3.05) is 33.2 Å². The van der Waals surface area contributed by atoms with Crippen LogP contribution in [0.5, 0.6) is 0 Å². The van der Waals surface area contributed by atoms with Crippen LogP contribution in [0.3, 0.4) is 0 Å². The number of nitrogens with two attached hydrogens (primary N) is 1. The molecular formula is C34H45N7O3. The number of fused-ring (bicyclic) bond motifs is 2. The van der Waals surface area contributed by atoms with Crippen LogP contribution in [0.15, 0.2) is 59.5 Å². The first-order valence-electron chi connectivity index (χ1n) is 16.1. The van der Waals surface area contributed by atoms with Gasteiger partial charge in [-0.05, 0) is 74.2 Å². The summed E-state index contributed by atoms with van der Waals surface area (Å²) in [6.45, 7) is 4.38. The van der Waals surface area contributed by atoms with Crippen LogP contribution in [-0.4, -0.2) is 75.5 Å². The van der Waals surface area contributed by atoms with Crippen molar-refractivity contribution in [3.05, 3.63) is 70.8 Å². The lowest BCUT2D eigenvalue weighted by atomic mass is 9.81. The largest absolute Gasteiger partial charge is 0.361 e. The Balaban J connectivity index is 1.18. The monoisotopic (exact) mass is 599 g/mol. The predicted octanol–water partition coefficient (Wildman–Crippen LogP) is 4.55. The molecule has 10 heteroatoms. The fraction of sp³-hybridized carbons (Fsp3) is 0.500. The Hall–Kier alpha value is -4.05. The van der Waals surface area contributed by atoms with Gasteiger partial charge in [-0.15, -0.1) is 0 Å². The number of para-hydroxylation sites is 3. The first kappa shape index (κ1) is 30.0. The zero-order chi connectivity index (χ0) is 30.8. The molecule has 5 N–H and O–H groups in total. The number of amides is 3. The zero-order valence-corrected chi connectivity index (χ0v) is 25.8. The maximum atomic E-state index is 14.1. The first-order valence-corrected chi connectivity index (χ1v) is 16.1. The molecule has 0 bridgehead atoms. The molecule has 0 radical (unpaired) electrons. The molecule has 1 saturated heterocycles. The highest BCUT2D eigenvalue weighted by atomic mass is 16.2. The van der Waals surface area contributed by atoms with E-state index in [1.165, 1.54) is 0 Å². The standard InChI is InChI=1S/C34H45N7O3/c1-22(27-20-36-28-11-4-3-10-26(27)28)31(32(42)39(2)21-24-9-7-8-23(18-24)19-35)38-33(43)40-16-14-25(15-17-40)41-30-13-6-5-12-29(30)37-34(41)44/h3-6,10-13,20,22-25,31,36H,7-9,14-19,21,35H2,1-2H3,(H,37,44)(H,38,43)/t22-,23+,24-,31+/m1/s1. The highest BCUT2D eigenvalue weighted by Gasteiger charge is 2.35. The fourth-order valence-corrected chi connectivity index (χ4v) is 7.54. The zero-order valence-electron chi connectivity index (χ0n) is 25.8. The molecule has 4 atom stereocenters. The van der Waals surface area contributed by atoms with E-state index in [2.05, 4.69) is 21.4 Å². The number of H-pyrrole nitrogens is 2. The lowest BCUT2D eigenvalue weighted by Crippen LogP contribution is -2.55. The number of likely N-dealkylation sites (tertiary alicyclic amines) is 1. The van der Waals surface area contributed by atoms with Crippen molar-refractivity contribution in [3.63, 3.8) is 0 Å². The summed E-state index contributed by atoms with van der Waals surface area (Å²) < 4.78 is 1.82. The van der Waals surface area contributed by atoms with Crippen molar-refractivity contribution >= 4 is 33.9 Å². The number of hydrogen-bond donors (Lipinski definition) is 4.